The molecule has 2 aromatic carbocycles. The summed E-state index contributed by atoms with van der Waals surface area (Å²) in [5.41, 5.74) is 2.63. The van der Waals surface area contributed by atoms with Crippen LogP contribution >= 0.6 is 0 Å². The molecule has 3 aromatic heterocycles. The first-order chi connectivity index (χ1) is 18.4. The highest BCUT2D eigenvalue weighted by atomic mass is 19.4. The summed E-state index contributed by atoms with van der Waals surface area (Å²) in [5, 5.41) is 3.30. The van der Waals surface area contributed by atoms with Gasteiger partial charge in [0.05, 0.1) is 40.1 Å². The van der Waals surface area contributed by atoms with Crippen molar-refractivity contribution in [1.29, 1.82) is 0 Å². The van der Waals surface area contributed by atoms with Gasteiger partial charge < -0.3 is 15.2 Å². The summed E-state index contributed by atoms with van der Waals surface area (Å²) in [6.07, 6.45) is -0.549. The van der Waals surface area contributed by atoms with E-state index in [1.54, 1.807) is 17.0 Å². The van der Waals surface area contributed by atoms with Crippen LogP contribution < -0.4 is 15.8 Å². The van der Waals surface area contributed by atoms with Gasteiger partial charge in [0.2, 0.25) is 11.9 Å². The van der Waals surface area contributed by atoms with Crippen molar-refractivity contribution in [1.82, 2.24) is 24.5 Å². The van der Waals surface area contributed by atoms with Crippen LogP contribution in [0.15, 0.2) is 77.9 Å². The topological polar surface area (TPSA) is 91.7 Å². The van der Waals surface area contributed by atoms with Crippen LogP contribution in [0.2, 0.25) is 0 Å². The Morgan fingerprint density at radius 1 is 1.00 bits per heavy atom. The van der Waals surface area contributed by atoms with Crippen LogP contribution in [0, 0.1) is 0 Å². The van der Waals surface area contributed by atoms with E-state index in [-0.39, 0.29) is 17.6 Å². The molecule has 38 heavy (non-hydrogen) atoms. The molecule has 0 amide bonds. The number of aromatic nitrogens is 5. The first-order valence-corrected chi connectivity index (χ1v) is 12.0. The Bertz CT molecular complexity index is 1660. The molecule has 0 radical (unpaired) electrons. The van der Waals surface area contributed by atoms with Crippen LogP contribution in [-0.4, -0.2) is 31.0 Å². The number of halogens is 3. The quantitative estimate of drug-likeness (QED) is 0.351. The van der Waals surface area contributed by atoms with E-state index in [9.17, 15) is 18.0 Å². The van der Waals surface area contributed by atoms with Gasteiger partial charge >= 0.3 is 6.18 Å². The van der Waals surface area contributed by atoms with Crippen LogP contribution in [0.1, 0.15) is 22.4 Å². The molecule has 2 N–H and O–H groups in total. The lowest BCUT2D eigenvalue weighted by molar-refractivity contribution is -0.137. The van der Waals surface area contributed by atoms with Gasteiger partial charge in [0.15, 0.2) is 0 Å². The smallest absolute Gasteiger partial charge is 0.351 e. The highest BCUT2D eigenvalue weighted by Gasteiger charge is 2.31. The molecule has 8 nitrogen and oxygen atoms in total. The fourth-order valence-corrected chi connectivity index (χ4v) is 4.60. The molecule has 6 rings (SSSR count). The molecular formula is C27H22F3N7O. The lowest BCUT2D eigenvalue weighted by Crippen LogP contribution is -2.39. The molecule has 0 bridgehead atoms. The minimum absolute atomic E-state index is 0.210. The Morgan fingerprint density at radius 3 is 2.55 bits per heavy atom. The van der Waals surface area contributed by atoms with Crippen LogP contribution in [-0.2, 0) is 25.7 Å². The normalized spacial score (nSPS) is 13.5. The summed E-state index contributed by atoms with van der Waals surface area (Å²) in [5.74, 6) is 0.851. The predicted molar refractivity (Wildman–Crippen MR) is 137 cm³/mol. The highest BCUT2D eigenvalue weighted by molar-refractivity contribution is 5.78. The average Bonchev–Trinajstić information content (AvgIpc) is 3.36. The van der Waals surface area contributed by atoms with E-state index >= 15 is 0 Å². The third-order valence-corrected chi connectivity index (χ3v) is 6.54. The van der Waals surface area contributed by atoms with Gasteiger partial charge in [-0.1, -0.05) is 18.2 Å². The van der Waals surface area contributed by atoms with Crippen molar-refractivity contribution in [3.63, 3.8) is 0 Å². The zero-order chi connectivity index (χ0) is 26.3. The number of fused-ring (bicyclic) bond motifs is 2. The Hall–Kier alpha value is -4.67. The molecule has 0 spiro atoms. The summed E-state index contributed by atoms with van der Waals surface area (Å²) in [7, 11) is 0. The monoisotopic (exact) mass is 517 g/mol. The lowest BCUT2D eigenvalue weighted by atomic mass is 10.1. The van der Waals surface area contributed by atoms with E-state index in [4.69, 9.17) is 4.98 Å². The van der Waals surface area contributed by atoms with Gasteiger partial charge in [-0.2, -0.15) is 13.2 Å². The lowest BCUT2D eigenvalue weighted by Gasteiger charge is -2.28. The number of rotatable bonds is 5. The zero-order valence-electron chi connectivity index (χ0n) is 20.0. The maximum Gasteiger partial charge on any atom is 0.416 e. The maximum atomic E-state index is 13.8. The molecule has 1 aliphatic rings. The second-order valence-electron chi connectivity index (χ2n) is 9.01. The van der Waals surface area contributed by atoms with Crippen LogP contribution in [0.4, 0.5) is 25.1 Å². The Balaban J connectivity index is 1.36. The average molecular weight is 518 g/mol. The fraction of sp³-hybridized carbons (Fsp3) is 0.185. The Labute approximate surface area is 214 Å². The van der Waals surface area contributed by atoms with E-state index in [0.29, 0.717) is 53.9 Å². The molecule has 0 unspecified atom stereocenters. The number of nitrogens with zero attached hydrogens (tertiary/aromatic N) is 5. The third-order valence-electron chi connectivity index (χ3n) is 6.54. The van der Waals surface area contributed by atoms with Crippen molar-refractivity contribution in [3.05, 3.63) is 106 Å². The largest absolute Gasteiger partial charge is 0.416 e. The number of anilines is 2. The first-order valence-electron chi connectivity index (χ1n) is 12.0. The highest BCUT2D eigenvalue weighted by Crippen LogP contribution is 2.32. The molecule has 0 saturated heterocycles. The maximum absolute atomic E-state index is 13.8. The summed E-state index contributed by atoms with van der Waals surface area (Å²) in [6.45, 7) is 1.20. The summed E-state index contributed by atoms with van der Waals surface area (Å²) >= 11 is 0. The number of para-hydroxylation sites is 1. The van der Waals surface area contributed by atoms with E-state index in [2.05, 4.69) is 20.3 Å². The first kappa shape index (κ1) is 23.7. The number of alkyl halides is 3. The summed E-state index contributed by atoms with van der Waals surface area (Å²) in [6, 6.07) is 16.4. The van der Waals surface area contributed by atoms with Gasteiger partial charge in [-0.25, -0.2) is 14.5 Å². The van der Waals surface area contributed by atoms with Crippen molar-refractivity contribution in [2.24, 2.45) is 0 Å². The van der Waals surface area contributed by atoms with E-state index in [1.165, 1.54) is 6.07 Å². The number of hydrogen-bond donors (Lipinski definition) is 2. The van der Waals surface area contributed by atoms with Gasteiger partial charge in [0, 0.05) is 31.9 Å². The molecule has 11 heteroatoms. The second kappa shape index (κ2) is 9.33. The Morgan fingerprint density at radius 2 is 1.79 bits per heavy atom. The van der Waals surface area contributed by atoms with Gasteiger partial charge in [0.1, 0.15) is 0 Å². The number of hydrogen-bond acceptors (Lipinski definition) is 6. The molecule has 0 atom stereocenters. The SMILES string of the molecule is O=c1c2c(nc(NCc3ccncc3)n1-c1ccccc1)CCN(c1nc3ccc(C(F)(F)F)cc3[nH]1)C2. The van der Waals surface area contributed by atoms with Gasteiger partial charge in [0.25, 0.3) is 5.56 Å². The van der Waals surface area contributed by atoms with E-state index in [0.717, 1.165) is 17.7 Å². The zero-order valence-corrected chi connectivity index (χ0v) is 20.0. The number of nitrogens with one attached hydrogen (secondary N) is 2. The number of benzene rings is 2. The molecule has 0 fully saturated rings. The van der Waals surface area contributed by atoms with Crippen molar-refractivity contribution < 1.29 is 13.2 Å². The summed E-state index contributed by atoms with van der Waals surface area (Å²) < 4.78 is 41.0. The Kier molecular flexibility index (Phi) is 5.82. The van der Waals surface area contributed by atoms with Crippen molar-refractivity contribution >= 4 is 22.9 Å². The number of aromatic amines is 1. The van der Waals surface area contributed by atoms with Gasteiger partial charge in [-0.05, 0) is 48.0 Å². The van der Waals surface area contributed by atoms with Crippen LogP contribution in [0.25, 0.3) is 16.7 Å². The minimum atomic E-state index is -4.44. The minimum Gasteiger partial charge on any atom is -0.351 e. The van der Waals surface area contributed by atoms with E-state index in [1.807, 2.05) is 47.4 Å². The number of H-pyrrole nitrogens is 1. The summed E-state index contributed by atoms with van der Waals surface area (Å²) in [4.78, 5) is 32.0. The van der Waals surface area contributed by atoms with E-state index < -0.39 is 11.7 Å². The van der Waals surface area contributed by atoms with Gasteiger partial charge in [-0.15, -0.1) is 0 Å². The molecule has 1 aliphatic heterocycles. The van der Waals surface area contributed by atoms with Crippen LogP contribution in [0.5, 0.6) is 0 Å². The third kappa shape index (κ3) is 4.47. The van der Waals surface area contributed by atoms with Crippen LogP contribution in [0.3, 0.4) is 0 Å². The molecule has 5 aromatic rings. The molecule has 0 saturated carbocycles. The fourth-order valence-electron chi connectivity index (χ4n) is 4.60. The molecule has 192 valence electrons. The molecule has 0 aliphatic carbocycles. The van der Waals surface area contributed by atoms with Gasteiger partial charge in [-0.3, -0.25) is 9.78 Å². The number of pyridine rings is 1. The molecular weight excluding hydrogens is 495 g/mol. The van der Waals surface area contributed by atoms with Crippen molar-refractivity contribution in [2.45, 2.75) is 25.7 Å². The standard InChI is InChI=1S/C27H22F3N7O/c28-27(29,30)18-6-7-22-23(14-18)35-26(34-22)36-13-10-21-20(16-36)24(38)37(19-4-2-1-3-5-19)25(33-21)32-15-17-8-11-31-12-9-17/h1-9,11-12,14H,10,13,15-16H2,(H,32,33)(H,34,35). The predicted octanol–water partition coefficient (Wildman–Crippen LogP) is 4.70. The van der Waals surface area contributed by atoms with Crippen molar-refractivity contribution in [3.8, 4) is 5.69 Å². The number of imidazole rings is 1. The molecule has 4 heterocycles. The second-order valence-corrected chi connectivity index (χ2v) is 9.01. The van der Waals surface area contributed by atoms with Crippen molar-refractivity contribution in [2.75, 3.05) is 16.8 Å².